The fourth-order valence-electron chi connectivity index (χ4n) is 4.58. The molecule has 0 saturated heterocycles. The van der Waals surface area contributed by atoms with Gasteiger partial charge in [0.25, 0.3) is 5.91 Å². The molecule has 1 amide bonds. The van der Waals surface area contributed by atoms with Crippen LogP contribution < -0.4 is 14.8 Å². The second kappa shape index (κ2) is 13.7. The number of ether oxygens (including phenoxy) is 3. The minimum absolute atomic E-state index is 0.136. The molecule has 0 bridgehead atoms. The lowest BCUT2D eigenvalue weighted by Gasteiger charge is -2.23. The molecule has 6 heteroatoms. The van der Waals surface area contributed by atoms with Crippen molar-refractivity contribution < 1.29 is 23.8 Å². The van der Waals surface area contributed by atoms with Crippen LogP contribution in [0.15, 0.2) is 60.7 Å². The number of rotatable bonds is 12. The largest absolute Gasteiger partial charge is 0.493 e. The molecule has 0 aliphatic carbocycles. The van der Waals surface area contributed by atoms with Gasteiger partial charge in [0.05, 0.1) is 20.3 Å². The highest BCUT2D eigenvalue weighted by Crippen LogP contribution is 2.28. The van der Waals surface area contributed by atoms with Crippen LogP contribution in [0.25, 0.3) is 0 Å². The number of hydrogen-bond donors (Lipinski definition) is 1. The summed E-state index contributed by atoms with van der Waals surface area (Å²) in [6, 6.07) is 19.4. The summed E-state index contributed by atoms with van der Waals surface area (Å²) in [5.74, 6) is 1.18. The van der Waals surface area contributed by atoms with Gasteiger partial charge in [-0.25, -0.2) is 0 Å². The molecule has 3 aromatic rings. The molecule has 3 rings (SSSR count). The van der Waals surface area contributed by atoms with Gasteiger partial charge in [0.1, 0.15) is 6.61 Å². The lowest BCUT2D eigenvalue weighted by molar-refractivity contribution is -0.140. The fraction of sp³-hybridized carbons (Fsp3) is 0.375. The summed E-state index contributed by atoms with van der Waals surface area (Å²) in [5.41, 5.74) is 5.59. The van der Waals surface area contributed by atoms with Gasteiger partial charge in [-0.1, -0.05) is 67.4 Å². The van der Waals surface area contributed by atoms with Gasteiger partial charge in [-0.05, 0) is 67.5 Å². The predicted octanol–water partition coefficient (Wildman–Crippen LogP) is 6.51. The van der Waals surface area contributed by atoms with Gasteiger partial charge in [0.2, 0.25) is 0 Å². The molecule has 3 aromatic carbocycles. The Labute approximate surface area is 226 Å². The Morgan fingerprint density at radius 1 is 0.895 bits per heavy atom. The first-order chi connectivity index (χ1) is 18.2. The zero-order valence-electron chi connectivity index (χ0n) is 23.3. The molecular formula is C32H39NO5. The highest BCUT2D eigenvalue weighted by atomic mass is 16.5. The van der Waals surface area contributed by atoms with E-state index in [0.717, 1.165) is 34.2 Å². The minimum atomic E-state index is -0.312. The Bertz CT molecular complexity index is 1230. The Kier molecular flexibility index (Phi) is 10.3. The third-order valence-electron chi connectivity index (χ3n) is 6.37. The molecule has 202 valence electrons. The van der Waals surface area contributed by atoms with Gasteiger partial charge in [0.15, 0.2) is 11.5 Å². The number of para-hydroxylation sites is 2. The van der Waals surface area contributed by atoms with Crippen LogP contribution in [0.1, 0.15) is 70.9 Å². The molecule has 0 aliphatic heterocycles. The van der Waals surface area contributed by atoms with Crippen molar-refractivity contribution in [2.75, 3.05) is 14.2 Å². The van der Waals surface area contributed by atoms with Crippen molar-refractivity contribution in [3.05, 3.63) is 94.0 Å². The van der Waals surface area contributed by atoms with Crippen molar-refractivity contribution >= 4 is 11.9 Å². The van der Waals surface area contributed by atoms with E-state index in [1.807, 2.05) is 42.5 Å². The number of amides is 1. The maximum atomic E-state index is 13.8. The first-order valence-electron chi connectivity index (χ1n) is 13.0. The molecule has 0 fully saturated rings. The Balaban J connectivity index is 1.90. The van der Waals surface area contributed by atoms with Crippen molar-refractivity contribution in [3.8, 4) is 11.5 Å². The number of benzene rings is 3. The van der Waals surface area contributed by atoms with Crippen LogP contribution in [0.3, 0.4) is 0 Å². The van der Waals surface area contributed by atoms with Gasteiger partial charge in [0, 0.05) is 12.0 Å². The van der Waals surface area contributed by atoms with Crippen LogP contribution in [0.5, 0.6) is 11.5 Å². The zero-order valence-corrected chi connectivity index (χ0v) is 23.3. The molecule has 38 heavy (non-hydrogen) atoms. The van der Waals surface area contributed by atoms with E-state index in [9.17, 15) is 9.59 Å². The smallest absolute Gasteiger partial charge is 0.305 e. The van der Waals surface area contributed by atoms with Crippen molar-refractivity contribution in [1.29, 1.82) is 0 Å². The van der Waals surface area contributed by atoms with E-state index < -0.39 is 0 Å². The number of nitrogens with one attached hydrogen (secondary N) is 1. The fourth-order valence-corrected chi connectivity index (χ4v) is 4.58. The molecule has 1 atom stereocenters. The number of carbonyl (C=O) groups is 2. The van der Waals surface area contributed by atoms with Crippen molar-refractivity contribution in [2.24, 2.45) is 5.92 Å². The summed E-state index contributed by atoms with van der Waals surface area (Å²) < 4.78 is 16.2. The van der Waals surface area contributed by atoms with Crippen LogP contribution >= 0.6 is 0 Å². The van der Waals surface area contributed by atoms with E-state index in [2.05, 4.69) is 51.2 Å². The van der Waals surface area contributed by atoms with E-state index in [4.69, 9.17) is 14.2 Å². The monoisotopic (exact) mass is 517 g/mol. The van der Waals surface area contributed by atoms with Gasteiger partial charge in [-0.15, -0.1) is 0 Å². The van der Waals surface area contributed by atoms with E-state index in [1.165, 1.54) is 7.11 Å². The lowest BCUT2D eigenvalue weighted by Crippen LogP contribution is -2.30. The molecule has 6 nitrogen and oxygen atoms in total. The van der Waals surface area contributed by atoms with Crippen LogP contribution in [0.4, 0.5) is 0 Å². The standard InChI is InChI=1S/C32H39NO5/c1-21(2)15-28(26-17-22(3)16-23(4)18-26)33-32(35)27-19-24(11-12-25(27)13-14-31(34)37-6)20-38-30-10-8-7-9-29(30)36-5/h7-12,16-19,21,28H,13-15,20H2,1-6H3,(H,33,35)/t28-/m1/s1. The molecule has 0 aliphatic rings. The molecule has 0 saturated carbocycles. The van der Waals surface area contributed by atoms with E-state index in [0.29, 0.717) is 29.4 Å². The van der Waals surface area contributed by atoms with Crippen LogP contribution in [-0.2, 0) is 22.6 Å². The predicted molar refractivity (Wildman–Crippen MR) is 150 cm³/mol. The quantitative estimate of drug-likeness (QED) is 0.277. The second-order valence-electron chi connectivity index (χ2n) is 10.1. The van der Waals surface area contributed by atoms with Gasteiger partial charge in [-0.2, -0.15) is 0 Å². The summed E-state index contributed by atoms with van der Waals surface area (Å²) in [7, 11) is 2.97. The van der Waals surface area contributed by atoms with E-state index in [-0.39, 0.29) is 30.9 Å². The zero-order chi connectivity index (χ0) is 27.7. The SMILES string of the molecule is COC(=O)CCc1ccc(COc2ccccc2OC)cc1C(=O)N[C@H](CC(C)C)c1cc(C)cc(C)c1. The van der Waals surface area contributed by atoms with E-state index in [1.54, 1.807) is 7.11 Å². The molecular weight excluding hydrogens is 478 g/mol. The lowest BCUT2D eigenvalue weighted by atomic mass is 9.93. The first-order valence-corrected chi connectivity index (χ1v) is 13.0. The Morgan fingerprint density at radius 3 is 2.21 bits per heavy atom. The van der Waals surface area contributed by atoms with E-state index >= 15 is 0 Å². The van der Waals surface area contributed by atoms with Crippen LogP contribution in [0, 0.1) is 19.8 Å². The molecule has 0 spiro atoms. The van der Waals surface area contributed by atoms with Crippen LogP contribution in [-0.4, -0.2) is 26.1 Å². The third kappa shape index (κ3) is 8.10. The average Bonchev–Trinajstić information content (AvgIpc) is 2.89. The molecule has 0 unspecified atom stereocenters. The van der Waals surface area contributed by atoms with Crippen LogP contribution in [0.2, 0.25) is 0 Å². The highest BCUT2D eigenvalue weighted by molar-refractivity contribution is 5.96. The molecule has 0 radical (unpaired) electrons. The number of carbonyl (C=O) groups excluding carboxylic acids is 2. The number of hydrogen-bond acceptors (Lipinski definition) is 5. The number of aryl methyl sites for hydroxylation is 3. The highest BCUT2D eigenvalue weighted by Gasteiger charge is 2.21. The number of esters is 1. The van der Waals surface area contributed by atoms with Gasteiger partial charge < -0.3 is 19.5 Å². The summed E-state index contributed by atoms with van der Waals surface area (Å²) in [6.45, 7) is 8.71. The summed E-state index contributed by atoms with van der Waals surface area (Å²) >= 11 is 0. The summed E-state index contributed by atoms with van der Waals surface area (Å²) in [5, 5.41) is 3.28. The van der Waals surface area contributed by atoms with Crippen molar-refractivity contribution in [2.45, 2.75) is 59.6 Å². The normalized spacial score (nSPS) is 11.7. The minimum Gasteiger partial charge on any atom is -0.493 e. The summed E-state index contributed by atoms with van der Waals surface area (Å²) in [6.07, 6.45) is 1.41. The Hall–Kier alpha value is -3.80. The Morgan fingerprint density at radius 2 is 1.58 bits per heavy atom. The van der Waals surface area contributed by atoms with Gasteiger partial charge >= 0.3 is 5.97 Å². The topological polar surface area (TPSA) is 73.9 Å². The average molecular weight is 518 g/mol. The molecule has 0 aromatic heterocycles. The first kappa shape index (κ1) is 28.8. The summed E-state index contributed by atoms with van der Waals surface area (Å²) in [4.78, 5) is 25.6. The van der Waals surface area contributed by atoms with Crippen molar-refractivity contribution in [3.63, 3.8) is 0 Å². The second-order valence-corrected chi connectivity index (χ2v) is 10.1. The number of methoxy groups -OCH3 is 2. The maximum absolute atomic E-state index is 13.8. The molecule has 0 heterocycles. The maximum Gasteiger partial charge on any atom is 0.305 e. The van der Waals surface area contributed by atoms with Gasteiger partial charge in [-0.3, -0.25) is 9.59 Å². The molecule has 1 N–H and O–H groups in total. The van der Waals surface area contributed by atoms with Crippen molar-refractivity contribution in [1.82, 2.24) is 5.32 Å². The third-order valence-corrected chi connectivity index (χ3v) is 6.37.